The molecule has 5 heteroatoms. The molecule has 0 unspecified atom stereocenters. The van der Waals surface area contributed by atoms with Gasteiger partial charge in [0.25, 0.3) is 0 Å². The van der Waals surface area contributed by atoms with Gasteiger partial charge in [0.05, 0.1) is 5.56 Å². The summed E-state index contributed by atoms with van der Waals surface area (Å²) < 4.78 is 5.16. The minimum Gasteiger partial charge on any atom is -0.390 e. The van der Waals surface area contributed by atoms with Gasteiger partial charge in [0, 0.05) is 5.39 Å². The molecule has 3 aromatic carbocycles. The van der Waals surface area contributed by atoms with Crippen molar-refractivity contribution in [3.63, 3.8) is 0 Å². The number of carbonyl (C=O) groups excluding carboxylic acids is 1. The second-order valence-corrected chi connectivity index (χ2v) is 4.61. The van der Waals surface area contributed by atoms with Crippen molar-refractivity contribution in [2.45, 2.75) is 0 Å². The molecule has 0 saturated heterocycles. The molecule has 3 aromatic rings. The van der Waals surface area contributed by atoms with Gasteiger partial charge in [0.2, 0.25) is 0 Å². The van der Waals surface area contributed by atoms with Crippen LogP contribution in [0.25, 0.3) is 10.8 Å². The van der Waals surface area contributed by atoms with Crippen LogP contribution in [0.4, 0.5) is 4.79 Å². The number of benzene rings is 3. The zero-order valence-electron chi connectivity index (χ0n) is 11.9. The van der Waals surface area contributed by atoms with Crippen LogP contribution in [-0.2, 0) is 4.89 Å². The average Bonchev–Trinajstić information content (AvgIpc) is 2.61. The molecule has 0 aliphatic carbocycles. The minimum atomic E-state index is -1.05. The Kier molecular flexibility index (Phi) is 4.07. The van der Waals surface area contributed by atoms with Crippen LogP contribution in [-0.4, -0.2) is 6.16 Å². The smallest absolute Gasteiger partial charge is 0.390 e. The fourth-order valence-corrected chi connectivity index (χ4v) is 2.10. The Hall–Kier alpha value is -3.52. The third-order valence-electron chi connectivity index (χ3n) is 3.13. The van der Waals surface area contributed by atoms with Crippen molar-refractivity contribution in [3.05, 3.63) is 72.3 Å². The van der Waals surface area contributed by atoms with Crippen LogP contribution in [0.1, 0.15) is 5.56 Å². The molecule has 0 aliphatic heterocycles. The Morgan fingerprint density at radius 2 is 1.65 bits per heavy atom. The first-order valence-electron chi connectivity index (χ1n) is 6.81. The zero-order chi connectivity index (χ0) is 16.1. The van der Waals surface area contributed by atoms with E-state index in [2.05, 4.69) is 4.89 Å². The van der Waals surface area contributed by atoms with E-state index in [0.29, 0.717) is 11.1 Å². The first kappa shape index (κ1) is 14.4. The summed E-state index contributed by atoms with van der Waals surface area (Å²) in [6.07, 6.45) is -1.05. The monoisotopic (exact) mass is 305 g/mol. The molecule has 0 saturated carbocycles. The van der Waals surface area contributed by atoms with Gasteiger partial charge in [-0.1, -0.05) is 48.5 Å². The highest BCUT2D eigenvalue weighted by Crippen LogP contribution is 2.29. The van der Waals surface area contributed by atoms with Crippen molar-refractivity contribution < 1.29 is 19.3 Å². The summed E-state index contributed by atoms with van der Waals surface area (Å²) in [6, 6.07) is 21.2. The van der Waals surface area contributed by atoms with Crippen molar-refractivity contribution in [3.8, 4) is 17.6 Å². The standard InChI is InChI=1S/C18H11NO4/c19-12-14-11-10-13-6-4-5-9-16(13)17(14)21-18(20)23-22-15-7-2-1-3-8-15/h1-11H. The lowest BCUT2D eigenvalue weighted by molar-refractivity contribution is -0.157. The van der Waals surface area contributed by atoms with Gasteiger partial charge in [-0.2, -0.15) is 10.1 Å². The van der Waals surface area contributed by atoms with Gasteiger partial charge in [0.1, 0.15) is 6.07 Å². The van der Waals surface area contributed by atoms with E-state index in [1.807, 2.05) is 18.2 Å². The summed E-state index contributed by atoms with van der Waals surface area (Å²) in [5.74, 6) is 0.509. The van der Waals surface area contributed by atoms with Crippen LogP contribution in [0.3, 0.4) is 0 Å². The maximum Gasteiger partial charge on any atom is 0.555 e. The van der Waals surface area contributed by atoms with Crippen LogP contribution < -0.4 is 9.62 Å². The number of rotatable bonds is 3. The molecule has 0 N–H and O–H groups in total. The predicted molar refractivity (Wildman–Crippen MR) is 82.8 cm³/mol. The third kappa shape index (κ3) is 3.22. The van der Waals surface area contributed by atoms with Gasteiger partial charge in [-0.3, -0.25) is 4.89 Å². The molecule has 0 spiro atoms. The van der Waals surface area contributed by atoms with Crippen LogP contribution in [0.2, 0.25) is 0 Å². The van der Waals surface area contributed by atoms with Gasteiger partial charge in [-0.25, -0.2) is 4.89 Å². The molecule has 0 heterocycles. The lowest BCUT2D eigenvalue weighted by Crippen LogP contribution is -2.14. The number of nitrogens with zero attached hydrogens (tertiary/aromatic N) is 1. The minimum absolute atomic E-state index is 0.146. The predicted octanol–water partition coefficient (Wildman–Crippen LogP) is 4.22. The summed E-state index contributed by atoms with van der Waals surface area (Å²) >= 11 is 0. The van der Waals surface area contributed by atoms with Crippen molar-refractivity contribution in [2.75, 3.05) is 0 Å². The van der Waals surface area contributed by atoms with E-state index in [1.54, 1.807) is 54.6 Å². The maximum absolute atomic E-state index is 11.8. The number of fused-ring (bicyclic) bond motifs is 1. The van der Waals surface area contributed by atoms with Crippen LogP contribution in [0.15, 0.2) is 66.7 Å². The molecule has 0 bridgehead atoms. The Bertz CT molecular complexity index is 884. The van der Waals surface area contributed by atoms with Gasteiger partial charge >= 0.3 is 6.16 Å². The van der Waals surface area contributed by atoms with E-state index in [0.717, 1.165) is 5.39 Å². The topological polar surface area (TPSA) is 68.5 Å². The lowest BCUT2D eigenvalue weighted by Gasteiger charge is -2.09. The summed E-state index contributed by atoms with van der Waals surface area (Å²) in [7, 11) is 0. The van der Waals surface area contributed by atoms with E-state index in [1.165, 1.54) is 0 Å². The van der Waals surface area contributed by atoms with Gasteiger partial charge < -0.3 is 4.74 Å². The van der Waals surface area contributed by atoms with Crippen LogP contribution >= 0.6 is 0 Å². The highest BCUT2D eigenvalue weighted by Gasteiger charge is 2.15. The second-order valence-electron chi connectivity index (χ2n) is 4.61. The summed E-state index contributed by atoms with van der Waals surface area (Å²) in [5, 5.41) is 10.7. The molecule has 112 valence electrons. The van der Waals surface area contributed by atoms with Gasteiger partial charge in [-0.05, 0) is 23.6 Å². The summed E-state index contributed by atoms with van der Waals surface area (Å²) in [4.78, 5) is 21.3. The fourth-order valence-electron chi connectivity index (χ4n) is 2.10. The van der Waals surface area contributed by atoms with E-state index in [-0.39, 0.29) is 11.3 Å². The van der Waals surface area contributed by atoms with Crippen molar-refractivity contribution >= 4 is 16.9 Å². The third-order valence-corrected chi connectivity index (χ3v) is 3.13. The van der Waals surface area contributed by atoms with E-state index in [4.69, 9.17) is 9.62 Å². The Balaban J connectivity index is 1.80. The molecule has 0 fully saturated rings. The number of hydrogen-bond acceptors (Lipinski definition) is 5. The lowest BCUT2D eigenvalue weighted by atomic mass is 10.1. The van der Waals surface area contributed by atoms with Gasteiger partial charge in [-0.15, -0.1) is 0 Å². The van der Waals surface area contributed by atoms with Crippen molar-refractivity contribution in [1.82, 2.24) is 0 Å². The SMILES string of the molecule is N#Cc1ccc2ccccc2c1OC(=O)OOc1ccccc1. The molecule has 0 radical (unpaired) electrons. The molecule has 3 rings (SSSR count). The molecule has 0 aliphatic rings. The molecule has 0 atom stereocenters. The first-order valence-corrected chi connectivity index (χ1v) is 6.81. The Morgan fingerprint density at radius 3 is 2.43 bits per heavy atom. The van der Waals surface area contributed by atoms with E-state index < -0.39 is 6.16 Å². The van der Waals surface area contributed by atoms with Crippen LogP contribution in [0.5, 0.6) is 11.5 Å². The van der Waals surface area contributed by atoms with Crippen LogP contribution in [0, 0.1) is 11.3 Å². The summed E-state index contributed by atoms with van der Waals surface area (Å²) in [6.45, 7) is 0. The number of hydrogen-bond donors (Lipinski definition) is 0. The first-order chi connectivity index (χ1) is 11.3. The number of ether oxygens (including phenoxy) is 1. The Labute approximate surface area is 132 Å². The number of para-hydroxylation sites is 1. The molecular formula is C18H11NO4. The molecule has 0 amide bonds. The highest BCUT2D eigenvalue weighted by atomic mass is 17.2. The summed E-state index contributed by atoms with van der Waals surface area (Å²) in [5.41, 5.74) is 0.236. The second kappa shape index (κ2) is 6.50. The molecule has 23 heavy (non-hydrogen) atoms. The number of carbonyl (C=O) groups is 1. The van der Waals surface area contributed by atoms with Crippen molar-refractivity contribution in [1.29, 1.82) is 5.26 Å². The highest BCUT2D eigenvalue weighted by molar-refractivity contribution is 5.92. The maximum atomic E-state index is 11.8. The quantitative estimate of drug-likeness (QED) is 0.313. The molecular weight excluding hydrogens is 294 g/mol. The Morgan fingerprint density at radius 1 is 0.913 bits per heavy atom. The van der Waals surface area contributed by atoms with Crippen molar-refractivity contribution in [2.24, 2.45) is 0 Å². The van der Waals surface area contributed by atoms with E-state index in [9.17, 15) is 10.1 Å². The molecule has 5 nitrogen and oxygen atoms in total. The fraction of sp³-hybridized carbons (Fsp3) is 0. The van der Waals surface area contributed by atoms with Gasteiger partial charge in [0.15, 0.2) is 11.5 Å². The average molecular weight is 305 g/mol. The van der Waals surface area contributed by atoms with E-state index >= 15 is 0 Å². The molecule has 0 aromatic heterocycles. The largest absolute Gasteiger partial charge is 0.555 e. The normalized spacial score (nSPS) is 9.87. The number of nitriles is 1. The zero-order valence-corrected chi connectivity index (χ0v) is 11.9.